The van der Waals surface area contributed by atoms with Gasteiger partial charge >= 0.3 is 5.97 Å². The molecule has 5 nitrogen and oxygen atoms in total. The van der Waals surface area contributed by atoms with E-state index in [0.29, 0.717) is 25.3 Å². The number of carboxylic acids is 1. The molecule has 86 valence electrons. The van der Waals surface area contributed by atoms with Crippen LogP contribution in [0.25, 0.3) is 0 Å². The van der Waals surface area contributed by atoms with E-state index < -0.39 is 5.97 Å². The number of fused-ring (bicyclic) bond motifs is 1. The maximum absolute atomic E-state index is 11.0. The van der Waals surface area contributed by atoms with Gasteiger partial charge in [0, 0.05) is 23.8 Å². The first-order chi connectivity index (χ1) is 7.59. The Balaban J connectivity index is 2.48. The van der Waals surface area contributed by atoms with Crippen molar-refractivity contribution in [2.75, 3.05) is 11.9 Å². The number of ether oxygens (including phenoxy) is 1. The summed E-state index contributed by atoms with van der Waals surface area (Å²) in [5, 5.41) is 11.6. The minimum absolute atomic E-state index is 0.186. The molecule has 16 heavy (non-hydrogen) atoms. The van der Waals surface area contributed by atoms with Crippen LogP contribution in [0.4, 0.5) is 5.69 Å². The number of rotatable bonds is 2. The van der Waals surface area contributed by atoms with Crippen molar-refractivity contribution in [3.63, 3.8) is 0 Å². The van der Waals surface area contributed by atoms with Gasteiger partial charge < -0.3 is 15.2 Å². The van der Waals surface area contributed by atoms with Gasteiger partial charge in [-0.15, -0.1) is 11.3 Å². The fraction of sp³-hybridized carbons (Fsp3) is 0.400. The Bertz CT molecular complexity index is 452. The smallest absolute Gasteiger partial charge is 0.348 e. The predicted molar refractivity (Wildman–Crippen MR) is 58.9 cm³/mol. The number of thiophene rings is 1. The molecule has 1 aromatic heterocycles. The third kappa shape index (κ3) is 1.94. The van der Waals surface area contributed by atoms with Crippen LogP contribution in [-0.4, -0.2) is 23.6 Å². The molecule has 2 N–H and O–H groups in total. The molecule has 2 heterocycles. The lowest BCUT2D eigenvalue weighted by Crippen LogP contribution is -2.13. The van der Waals surface area contributed by atoms with Crippen LogP contribution in [0.5, 0.6) is 0 Å². The first kappa shape index (κ1) is 11.1. The van der Waals surface area contributed by atoms with Gasteiger partial charge in [0.15, 0.2) is 0 Å². The van der Waals surface area contributed by atoms with Gasteiger partial charge in [-0.1, -0.05) is 0 Å². The van der Waals surface area contributed by atoms with Gasteiger partial charge in [-0.3, -0.25) is 4.79 Å². The Hall–Kier alpha value is -1.40. The maximum atomic E-state index is 11.0. The molecule has 0 saturated carbocycles. The molecule has 0 saturated heterocycles. The molecule has 0 aliphatic carbocycles. The van der Waals surface area contributed by atoms with Crippen LogP contribution >= 0.6 is 11.3 Å². The molecule has 2 rings (SSSR count). The van der Waals surface area contributed by atoms with Crippen LogP contribution in [0, 0.1) is 0 Å². The number of hydrogen-bond donors (Lipinski definition) is 2. The summed E-state index contributed by atoms with van der Waals surface area (Å²) in [5.41, 5.74) is 1.21. The topological polar surface area (TPSA) is 75.6 Å². The van der Waals surface area contributed by atoms with Gasteiger partial charge in [-0.2, -0.15) is 0 Å². The third-order valence-corrected chi connectivity index (χ3v) is 3.59. The third-order valence-electron chi connectivity index (χ3n) is 2.31. The van der Waals surface area contributed by atoms with Crippen LogP contribution < -0.4 is 5.32 Å². The number of amides is 1. The van der Waals surface area contributed by atoms with E-state index in [0.717, 1.165) is 10.4 Å². The van der Waals surface area contributed by atoms with Crippen molar-refractivity contribution in [3.8, 4) is 0 Å². The molecule has 0 unspecified atom stereocenters. The number of carbonyl (C=O) groups is 2. The van der Waals surface area contributed by atoms with E-state index in [4.69, 9.17) is 9.84 Å². The number of hydrogen-bond acceptors (Lipinski definition) is 4. The van der Waals surface area contributed by atoms with Crippen LogP contribution in [0.15, 0.2) is 0 Å². The van der Waals surface area contributed by atoms with Crippen molar-refractivity contribution in [2.24, 2.45) is 0 Å². The number of aromatic carboxylic acids is 1. The second kappa shape index (κ2) is 4.23. The van der Waals surface area contributed by atoms with E-state index in [1.807, 2.05) is 0 Å². The maximum Gasteiger partial charge on any atom is 0.348 e. The number of anilines is 1. The molecule has 1 amide bonds. The summed E-state index contributed by atoms with van der Waals surface area (Å²) >= 11 is 1.22. The highest BCUT2D eigenvalue weighted by Gasteiger charge is 2.25. The quantitative estimate of drug-likeness (QED) is 0.822. The van der Waals surface area contributed by atoms with E-state index in [-0.39, 0.29) is 10.8 Å². The molecule has 0 fully saturated rings. The molecule has 0 spiro atoms. The lowest BCUT2D eigenvalue weighted by Gasteiger charge is -2.13. The van der Waals surface area contributed by atoms with Crippen LogP contribution in [0.2, 0.25) is 0 Å². The van der Waals surface area contributed by atoms with Crippen LogP contribution in [-0.2, 0) is 22.6 Å². The Morgan fingerprint density at radius 1 is 1.50 bits per heavy atom. The average Bonchev–Trinajstić information content (AvgIpc) is 2.57. The highest BCUT2D eigenvalue weighted by Crippen LogP contribution is 2.36. The summed E-state index contributed by atoms with van der Waals surface area (Å²) in [5.74, 6) is -1.28. The van der Waals surface area contributed by atoms with Gasteiger partial charge in [-0.25, -0.2) is 4.79 Å². The van der Waals surface area contributed by atoms with Crippen molar-refractivity contribution in [1.29, 1.82) is 0 Å². The van der Waals surface area contributed by atoms with Crippen molar-refractivity contribution >= 4 is 28.9 Å². The van der Waals surface area contributed by atoms with Crippen molar-refractivity contribution in [1.82, 2.24) is 0 Å². The van der Waals surface area contributed by atoms with Gasteiger partial charge in [0.2, 0.25) is 5.91 Å². The second-order valence-corrected chi connectivity index (χ2v) is 4.60. The summed E-state index contributed by atoms with van der Waals surface area (Å²) in [7, 11) is 0. The van der Waals surface area contributed by atoms with E-state index in [1.54, 1.807) is 0 Å². The Kier molecular flexibility index (Phi) is 2.93. The average molecular weight is 241 g/mol. The van der Waals surface area contributed by atoms with E-state index in [9.17, 15) is 9.59 Å². The lowest BCUT2D eigenvalue weighted by molar-refractivity contribution is -0.114. The minimum atomic E-state index is -1.01. The molecule has 1 aromatic rings. The van der Waals surface area contributed by atoms with Crippen molar-refractivity contribution < 1.29 is 19.4 Å². The molecular weight excluding hydrogens is 230 g/mol. The van der Waals surface area contributed by atoms with Crippen LogP contribution in [0.3, 0.4) is 0 Å². The molecular formula is C10H11NO4S. The summed E-state index contributed by atoms with van der Waals surface area (Å²) < 4.78 is 5.27. The lowest BCUT2D eigenvalue weighted by atomic mass is 10.1. The summed E-state index contributed by atoms with van der Waals surface area (Å²) in [6.45, 7) is 2.33. The first-order valence-electron chi connectivity index (χ1n) is 4.82. The molecule has 1 aliphatic heterocycles. The fourth-order valence-corrected chi connectivity index (χ4v) is 2.74. The molecule has 0 radical (unpaired) electrons. The zero-order chi connectivity index (χ0) is 11.7. The summed E-state index contributed by atoms with van der Waals surface area (Å²) in [4.78, 5) is 23.2. The molecule has 6 heteroatoms. The largest absolute Gasteiger partial charge is 0.477 e. The van der Waals surface area contributed by atoms with Crippen molar-refractivity contribution in [2.45, 2.75) is 20.0 Å². The SMILES string of the molecule is CC(=O)Nc1c(C(=O)O)sc2c1COCC2. The Labute approximate surface area is 96.0 Å². The van der Waals surface area contributed by atoms with Gasteiger partial charge in [0.1, 0.15) is 4.88 Å². The standard InChI is InChI=1S/C10H11NO4S/c1-5(12)11-8-6-4-15-3-2-7(6)16-9(8)10(13)14/h2-4H2,1H3,(H,11,12)(H,13,14). The summed E-state index contributed by atoms with van der Waals surface area (Å²) in [6.07, 6.45) is 0.708. The van der Waals surface area contributed by atoms with E-state index in [2.05, 4.69) is 5.32 Å². The number of carboxylic acid groups (broad SMARTS) is 1. The zero-order valence-electron chi connectivity index (χ0n) is 8.70. The van der Waals surface area contributed by atoms with Crippen LogP contribution in [0.1, 0.15) is 27.0 Å². The molecule has 0 atom stereocenters. The normalized spacial score (nSPS) is 14.3. The molecule has 1 aliphatic rings. The monoisotopic (exact) mass is 241 g/mol. The number of nitrogens with one attached hydrogen (secondary N) is 1. The number of carbonyl (C=O) groups excluding carboxylic acids is 1. The zero-order valence-corrected chi connectivity index (χ0v) is 9.52. The molecule has 0 bridgehead atoms. The van der Waals surface area contributed by atoms with Gasteiger partial charge in [0.05, 0.1) is 18.9 Å². The predicted octanol–water partition coefficient (Wildman–Crippen LogP) is 1.48. The first-order valence-corrected chi connectivity index (χ1v) is 5.64. The second-order valence-electron chi connectivity index (χ2n) is 3.50. The Morgan fingerprint density at radius 2 is 2.25 bits per heavy atom. The van der Waals surface area contributed by atoms with E-state index >= 15 is 0 Å². The highest BCUT2D eigenvalue weighted by molar-refractivity contribution is 7.14. The highest BCUT2D eigenvalue weighted by atomic mass is 32.1. The minimum Gasteiger partial charge on any atom is -0.477 e. The van der Waals surface area contributed by atoms with Crippen molar-refractivity contribution in [3.05, 3.63) is 15.3 Å². The Morgan fingerprint density at radius 3 is 2.88 bits per heavy atom. The van der Waals surface area contributed by atoms with E-state index in [1.165, 1.54) is 18.3 Å². The van der Waals surface area contributed by atoms with Gasteiger partial charge in [0.25, 0.3) is 0 Å². The molecule has 0 aromatic carbocycles. The van der Waals surface area contributed by atoms with Gasteiger partial charge in [-0.05, 0) is 0 Å². The fourth-order valence-electron chi connectivity index (χ4n) is 1.66. The summed E-state index contributed by atoms with van der Waals surface area (Å²) in [6, 6.07) is 0.